The Bertz CT molecular complexity index is 527. The average Bonchev–Trinajstić information content (AvgIpc) is 3.30. The molecular formula is C17H28N4O2S. The van der Waals surface area contributed by atoms with Gasteiger partial charge in [0.15, 0.2) is 5.96 Å². The topological polar surface area (TPSA) is 66.0 Å². The molecule has 1 aliphatic heterocycles. The monoisotopic (exact) mass is 352 g/mol. The zero-order valence-electron chi connectivity index (χ0n) is 14.7. The molecular weight excluding hydrogens is 324 g/mol. The molecule has 0 saturated carbocycles. The van der Waals surface area contributed by atoms with Gasteiger partial charge in [0.05, 0.1) is 19.1 Å². The van der Waals surface area contributed by atoms with Crippen LogP contribution in [-0.2, 0) is 9.53 Å². The van der Waals surface area contributed by atoms with E-state index in [2.05, 4.69) is 38.0 Å². The molecule has 2 heterocycles. The van der Waals surface area contributed by atoms with Crippen molar-refractivity contribution in [2.45, 2.75) is 25.8 Å². The van der Waals surface area contributed by atoms with Crippen LogP contribution in [0.4, 0.5) is 0 Å². The summed E-state index contributed by atoms with van der Waals surface area (Å²) in [4.78, 5) is 19.6. The average molecular weight is 353 g/mol. The number of hydrogen-bond acceptors (Lipinski definition) is 5. The highest BCUT2D eigenvalue weighted by Crippen LogP contribution is 2.27. The molecule has 1 fully saturated rings. The number of guanidine groups is 1. The number of rotatable bonds is 7. The van der Waals surface area contributed by atoms with Crippen LogP contribution in [0.2, 0.25) is 0 Å². The molecule has 1 aromatic rings. The first kappa shape index (κ1) is 18.7. The SMILES string of the molecule is CN=C(NCC(C)C(=O)OC)NCC(c1cccs1)N1CCCC1. The van der Waals surface area contributed by atoms with Gasteiger partial charge in [-0.2, -0.15) is 0 Å². The highest BCUT2D eigenvalue weighted by molar-refractivity contribution is 7.10. The zero-order valence-corrected chi connectivity index (χ0v) is 15.6. The van der Waals surface area contributed by atoms with E-state index in [1.807, 2.05) is 6.92 Å². The Kier molecular flexibility index (Phi) is 7.52. The fourth-order valence-electron chi connectivity index (χ4n) is 2.89. The van der Waals surface area contributed by atoms with Crippen molar-refractivity contribution in [1.29, 1.82) is 0 Å². The van der Waals surface area contributed by atoms with Crippen LogP contribution in [0.25, 0.3) is 0 Å². The Morgan fingerprint density at radius 3 is 2.67 bits per heavy atom. The highest BCUT2D eigenvalue weighted by atomic mass is 32.1. The number of hydrogen-bond donors (Lipinski definition) is 2. The van der Waals surface area contributed by atoms with Crippen molar-refractivity contribution in [2.75, 3.05) is 40.3 Å². The number of thiophene rings is 1. The van der Waals surface area contributed by atoms with Gasteiger partial charge in [-0.05, 0) is 37.4 Å². The minimum absolute atomic E-state index is 0.208. The molecule has 0 radical (unpaired) electrons. The van der Waals surface area contributed by atoms with Crippen molar-refractivity contribution >= 4 is 23.3 Å². The number of ether oxygens (including phenoxy) is 1. The van der Waals surface area contributed by atoms with E-state index < -0.39 is 0 Å². The van der Waals surface area contributed by atoms with Gasteiger partial charge in [0.1, 0.15) is 0 Å². The number of likely N-dealkylation sites (tertiary alicyclic amines) is 1. The molecule has 0 spiro atoms. The molecule has 2 N–H and O–H groups in total. The summed E-state index contributed by atoms with van der Waals surface area (Å²) in [5.41, 5.74) is 0. The Morgan fingerprint density at radius 1 is 1.38 bits per heavy atom. The smallest absolute Gasteiger partial charge is 0.310 e. The Hall–Kier alpha value is -1.60. The standard InChI is InChI=1S/C17H28N4O2S/c1-13(16(22)23-3)11-19-17(18-2)20-12-14(15-7-6-10-24-15)21-8-4-5-9-21/h6-7,10,13-14H,4-5,8-9,11-12H2,1-3H3,(H2,18,19,20). The van der Waals surface area contributed by atoms with E-state index in [4.69, 9.17) is 4.74 Å². The minimum Gasteiger partial charge on any atom is -0.469 e. The second kappa shape index (κ2) is 9.64. The van der Waals surface area contributed by atoms with Crippen LogP contribution in [-0.4, -0.2) is 57.2 Å². The van der Waals surface area contributed by atoms with Crippen molar-refractivity contribution in [2.24, 2.45) is 10.9 Å². The predicted octanol–water partition coefficient (Wildman–Crippen LogP) is 1.86. The molecule has 0 aliphatic carbocycles. The van der Waals surface area contributed by atoms with Gasteiger partial charge in [-0.3, -0.25) is 14.7 Å². The van der Waals surface area contributed by atoms with E-state index in [-0.39, 0.29) is 11.9 Å². The molecule has 7 heteroatoms. The van der Waals surface area contributed by atoms with Crippen molar-refractivity contribution < 1.29 is 9.53 Å². The minimum atomic E-state index is -0.216. The molecule has 0 amide bonds. The molecule has 24 heavy (non-hydrogen) atoms. The lowest BCUT2D eigenvalue weighted by atomic mass is 10.2. The van der Waals surface area contributed by atoms with Crippen molar-refractivity contribution in [3.8, 4) is 0 Å². The van der Waals surface area contributed by atoms with Crippen molar-refractivity contribution in [1.82, 2.24) is 15.5 Å². The quantitative estimate of drug-likeness (QED) is 0.445. The van der Waals surface area contributed by atoms with Gasteiger partial charge < -0.3 is 15.4 Å². The molecule has 0 aromatic carbocycles. The Balaban J connectivity index is 1.88. The molecule has 1 saturated heterocycles. The number of carbonyl (C=O) groups excluding carboxylic acids is 1. The van der Waals surface area contributed by atoms with Gasteiger partial charge in [0, 0.05) is 25.0 Å². The normalized spacial score (nSPS) is 18.2. The van der Waals surface area contributed by atoms with E-state index in [9.17, 15) is 4.79 Å². The van der Waals surface area contributed by atoms with Crippen molar-refractivity contribution in [3.63, 3.8) is 0 Å². The third-order valence-electron chi connectivity index (χ3n) is 4.32. The maximum atomic E-state index is 11.5. The van der Waals surface area contributed by atoms with Gasteiger partial charge in [-0.1, -0.05) is 13.0 Å². The summed E-state index contributed by atoms with van der Waals surface area (Å²) >= 11 is 1.80. The summed E-state index contributed by atoms with van der Waals surface area (Å²) in [6.45, 7) is 5.43. The fourth-order valence-corrected chi connectivity index (χ4v) is 3.75. The maximum Gasteiger partial charge on any atom is 0.310 e. The largest absolute Gasteiger partial charge is 0.469 e. The van der Waals surface area contributed by atoms with Crippen LogP contribution in [0, 0.1) is 5.92 Å². The number of methoxy groups -OCH3 is 1. The summed E-state index contributed by atoms with van der Waals surface area (Å²) in [5, 5.41) is 8.73. The second-order valence-electron chi connectivity index (χ2n) is 6.03. The number of aliphatic imine (C=N–C) groups is 1. The van der Waals surface area contributed by atoms with E-state index in [0.717, 1.165) is 19.6 Å². The lowest BCUT2D eigenvalue weighted by Crippen LogP contribution is -2.44. The van der Waals surface area contributed by atoms with Gasteiger partial charge in [0.25, 0.3) is 0 Å². The van der Waals surface area contributed by atoms with Crippen LogP contribution in [0.15, 0.2) is 22.5 Å². The lowest BCUT2D eigenvalue weighted by molar-refractivity contribution is -0.144. The first-order valence-electron chi connectivity index (χ1n) is 8.45. The van der Waals surface area contributed by atoms with Gasteiger partial charge in [0.2, 0.25) is 0 Å². The van der Waals surface area contributed by atoms with Gasteiger partial charge in [-0.15, -0.1) is 11.3 Å². The second-order valence-corrected chi connectivity index (χ2v) is 7.01. The summed E-state index contributed by atoms with van der Waals surface area (Å²) in [6.07, 6.45) is 2.54. The molecule has 2 unspecified atom stereocenters. The molecule has 1 aliphatic rings. The molecule has 1 aromatic heterocycles. The molecule has 134 valence electrons. The molecule has 6 nitrogen and oxygen atoms in total. The lowest BCUT2D eigenvalue weighted by Gasteiger charge is -2.27. The van der Waals surface area contributed by atoms with Crippen LogP contribution in [0.5, 0.6) is 0 Å². The van der Waals surface area contributed by atoms with Crippen LogP contribution in [0.1, 0.15) is 30.7 Å². The highest BCUT2D eigenvalue weighted by Gasteiger charge is 2.24. The molecule has 0 bridgehead atoms. The van der Waals surface area contributed by atoms with Gasteiger partial charge >= 0.3 is 5.97 Å². The third kappa shape index (κ3) is 5.21. The first-order chi connectivity index (χ1) is 11.7. The Morgan fingerprint density at radius 2 is 2.08 bits per heavy atom. The van der Waals surface area contributed by atoms with Gasteiger partial charge in [-0.25, -0.2) is 0 Å². The summed E-state index contributed by atoms with van der Waals surface area (Å²) in [6, 6.07) is 4.67. The van der Waals surface area contributed by atoms with Crippen LogP contribution in [0.3, 0.4) is 0 Å². The predicted molar refractivity (Wildman–Crippen MR) is 98.4 cm³/mol. The van der Waals surface area contributed by atoms with E-state index in [1.165, 1.54) is 24.8 Å². The summed E-state index contributed by atoms with van der Waals surface area (Å²) < 4.78 is 4.75. The zero-order chi connectivity index (χ0) is 17.4. The maximum absolute atomic E-state index is 11.5. The van der Waals surface area contributed by atoms with E-state index >= 15 is 0 Å². The fraction of sp³-hybridized carbons (Fsp3) is 0.647. The van der Waals surface area contributed by atoms with Crippen molar-refractivity contribution in [3.05, 3.63) is 22.4 Å². The summed E-state index contributed by atoms with van der Waals surface area (Å²) in [5.74, 6) is 0.290. The summed E-state index contributed by atoms with van der Waals surface area (Å²) in [7, 11) is 3.15. The number of nitrogens with zero attached hydrogens (tertiary/aromatic N) is 2. The first-order valence-corrected chi connectivity index (χ1v) is 9.33. The van der Waals surface area contributed by atoms with Crippen LogP contribution < -0.4 is 10.6 Å². The van der Waals surface area contributed by atoms with E-state index in [0.29, 0.717) is 18.5 Å². The number of carbonyl (C=O) groups is 1. The molecule has 2 rings (SSSR count). The third-order valence-corrected chi connectivity index (χ3v) is 5.29. The molecule has 2 atom stereocenters. The van der Waals surface area contributed by atoms with Crippen LogP contribution >= 0.6 is 11.3 Å². The van der Waals surface area contributed by atoms with E-state index in [1.54, 1.807) is 18.4 Å². The number of nitrogens with one attached hydrogen (secondary N) is 2. The number of esters is 1. The Labute approximate surface area is 148 Å².